The van der Waals surface area contributed by atoms with E-state index < -0.39 is 5.97 Å². The zero-order valence-electron chi connectivity index (χ0n) is 8.71. The minimum absolute atomic E-state index is 0.130. The summed E-state index contributed by atoms with van der Waals surface area (Å²) in [5.74, 6) is 0.0521. The maximum atomic E-state index is 10.2. The van der Waals surface area contributed by atoms with Crippen molar-refractivity contribution in [3.05, 3.63) is 0 Å². The van der Waals surface area contributed by atoms with Crippen molar-refractivity contribution in [3.63, 3.8) is 0 Å². The van der Waals surface area contributed by atoms with Crippen molar-refractivity contribution < 1.29 is 14.6 Å². The van der Waals surface area contributed by atoms with Gasteiger partial charge in [0, 0.05) is 6.61 Å². The number of aliphatic carboxylic acids is 1. The summed E-state index contributed by atoms with van der Waals surface area (Å²) in [6.45, 7) is 1.10. The first kappa shape index (κ1) is 11.5. The van der Waals surface area contributed by atoms with Gasteiger partial charge in [0.1, 0.15) is 0 Å². The standard InChI is InChI=1S/C11H20O3/c12-11(13)7-9-14-8-6-10-4-2-1-3-5-10/h10H,1-9H2,(H,12,13). The zero-order valence-corrected chi connectivity index (χ0v) is 8.71. The van der Waals surface area contributed by atoms with Gasteiger partial charge in [-0.15, -0.1) is 0 Å². The molecule has 0 atom stereocenters. The number of ether oxygens (including phenoxy) is 1. The highest BCUT2D eigenvalue weighted by Crippen LogP contribution is 2.25. The lowest BCUT2D eigenvalue weighted by Gasteiger charge is -2.21. The SMILES string of the molecule is O=C(O)CCOCCC1CCCCC1. The van der Waals surface area contributed by atoms with Crippen LogP contribution in [0.2, 0.25) is 0 Å². The van der Waals surface area contributed by atoms with E-state index in [1.165, 1.54) is 32.1 Å². The molecule has 0 aromatic carbocycles. The van der Waals surface area contributed by atoms with Gasteiger partial charge < -0.3 is 9.84 Å². The molecule has 0 amide bonds. The van der Waals surface area contributed by atoms with Crippen LogP contribution in [0.25, 0.3) is 0 Å². The molecular formula is C11H20O3. The summed E-state index contributed by atoms with van der Waals surface area (Å²) in [5.41, 5.74) is 0. The molecule has 3 heteroatoms. The number of hydrogen-bond donors (Lipinski definition) is 1. The van der Waals surface area contributed by atoms with Gasteiger partial charge >= 0.3 is 5.97 Å². The quantitative estimate of drug-likeness (QED) is 0.670. The van der Waals surface area contributed by atoms with E-state index in [1.54, 1.807) is 0 Å². The Balaban J connectivity index is 1.90. The van der Waals surface area contributed by atoms with Crippen molar-refractivity contribution in [1.82, 2.24) is 0 Å². The number of carbonyl (C=O) groups is 1. The van der Waals surface area contributed by atoms with Crippen molar-refractivity contribution in [3.8, 4) is 0 Å². The van der Waals surface area contributed by atoms with E-state index >= 15 is 0 Å². The molecule has 0 unspecified atom stereocenters. The topological polar surface area (TPSA) is 46.5 Å². The second-order valence-corrected chi connectivity index (χ2v) is 4.05. The average Bonchev–Trinajstić information content (AvgIpc) is 2.18. The lowest BCUT2D eigenvalue weighted by molar-refractivity contribution is -0.138. The Morgan fingerprint density at radius 2 is 1.93 bits per heavy atom. The molecule has 0 aromatic rings. The fourth-order valence-corrected chi connectivity index (χ4v) is 1.99. The van der Waals surface area contributed by atoms with Crippen molar-refractivity contribution in [2.24, 2.45) is 5.92 Å². The van der Waals surface area contributed by atoms with Gasteiger partial charge in [0.05, 0.1) is 13.0 Å². The predicted octanol–water partition coefficient (Wildman–Crippen LogP) is 2.45. The van der Waals surface area contributed by atoms with E-state index in [9.17, 15) is 4.79 Å². The fourth-order valence-electron chi connectivity index (χ4n) is 1.99. The number of hydrogen-bond acceptors (Lipinski definition) is 2. The van der Waals surface area contributed by atoms with E-state index in [1.807, 2.05) is 0 Å². The minimum atomic E-state index is -0.775. The molecule has 1 aliphatic rings. The zero-order chi connectivity index (χ0) is 10.2. The summed E-state index contributed by atoms with van der Waals surface area (Å²) in [7, 11) is 0. The highest BCUT2D eigenvalue weighted by atomic mass is 16.5. The van der Waals surface area contributed by atoms with Crippen LogP contribution in [-0.4, -0.2) is 24.3 Å². The highest BCUT2D eigenvalue weighted by molar-refractivity contribution is 5.66. The van der Waals surface area contributed by atoms with Crippen LogP contribution in [-0.2, 0) is 9.53 Å². The Bertz CT molecular complexity index is 162. The van der Waals surface area contributed by atoms with Gasteiger partial charge in [0.15, 0.2) is 0 Å². The van der Waals surface area contributed by atoms with Crippen molar-refractivity contribution in [2.45, 2.75) is 44.9 Å². The van der Waals surface area contributed by atoms with Gasteiger partial charge in [-0.2, -0.15) is 0 Å². The van der Waals surface area contributed by atoms with Crippen LogP contribution in [0, 0.1) is 5.92 Å². The molecule has 0 spiro atoms. The number of rotatable bonds is 6. The molecule has 1 rings (SSSR count). The third-order valence-corrected chi connectivity index (χ3v) is 2.86. The minimum Gasteiger partial charge on any atom is -0.481 e. The molecule has 0 aromatic heterocycles. The van der Waals surface area contributed by atoms with E-state index in [-0.39, 0.29) is 6.42 Å². The van der Waals surface area contributed by atoms with Crippen LogP contribution in [0.15, 0.2) is 0 Å². The van der Waals surface area contributed by atoms with Crippen LogP contribution in [0.4, 0.5) is 0 Å². The summed E-state index contributed by atoms with van der Waals surface area (Å²) in [4.78, 5) is 10.2. The van der Waals surface area contributed by atoms with Gasteiger partial charge in [0.25, 0.3) is 0 Å². The van der Waals surface area contributed by atoms with Gasteiger partial charge in [-0.25, -0.2) is 0 Å². The van der Waals surface area contributed by atoms with Crippen LogP contribution < -0.4 is 0 Å². The molecule has 1 saturated carbocycles. The molecule has 14 heavy (non-hydrogen) atoms. The summed E-state index contributed by atoms with van der Waals surface area (Å²) >= 11 is 0. The molecule has 0 saturated heterocycles. The third-order valence-electron chi connectivity index (χ3n) is 2.86. The summed E-state index contributed by atoms with van der Waals surface area (Å²) in [6, 6.07) is 0. The molecule has 0 bridgehead atoms. The molecule has 1 N–H and O–H groups in total. The summed E-state index contributed by atoms with van der Waals surface area (Å²) in [5, 5.41) is 8.38. The predicted molar refractivity (Wildman–Crippen MR) is 54.3 cm³/mol. The Morgan fingerprint density at radius 1 is 1.21 bits per heavy atom. The first-order valence-electron chi connectivity index (χ1n) is 5.58. The van der Waals surface area contributed by atoms with Crippen molar-refractivity contribution in [2.75, 3.05) is 13.2 Å². The van der Waals surface area contributed by atoms with Crippen LogP contribution in [0.1, 0.15) is 44.9 Å². The Morgan fingerprint density at radius 3 is 2.57 bits per heavy atom. The van der Waals surface area contributed by atoms with Gasteiger partial charge in [-0.1, -0.05) is 32.1 Å². The summed E-state index contributed by atoms with van der Waals surface area (Å²) in [6.07, 6.45) is 8.02. The molecule has 1 fully saturated rings. The van der Waals surface area contributed by atoms with Crippen LogP contribution in [0.5, 0.6) is 0 Å². The second-order valence-electron chi connectivity index (χ2n) is 4.05. The average molecular weight is 200 g/mol. The maximum absolute atomic E-state index is 10.2. The molecule has 0 heterocycles. The molecule has 0 aliphatic heterocycles. The molecular weight excluding hydrogens is 180 g/mol. The monoisotopic (exact) mass is 200 g/mol. The molecule has 3 nitrogen and oxygen atoms in total. The Kier molecular flexibility index (Phi) is 5.60. The lowest BCUT2D eigenvalue weighted by Crippen LogP contribution is -2.10. The molecule has 82 valence electrons. The maximum Gasteiger partial charge on any atom is 0.305 e. The molecule has 0 radical (unpaired) electrons. The van der Waals surface area contributed by atoms with Crippen molar-refractivity contribution in [1.29, 1.82) is 0 Å². The van der Waals surface area contributed by atoms with Gasteiger partial charge in [-0.05, 0) is 12.3 Å². The number of carboxylic acid groups (broad SMARTS) is 1. The smallest absolute Gasteiger partial charge is 0.305 e. The summed E-state index contributed by atoms with van der Waals surface area (Å²) < 4.78 is 5.27. The molecule has 1 aliphatic carbocycles. The van der Waals surface area contributed by atoms with E-state index in [0.717, 1.165) is 18.9 Å². The van der Waals surface area contributed by atoms with Crippen molar-refractivity contribution >= 4 is 5.97 Å². The lowest BCUT2D eigenvalue weighted by atomic mass is 9.87. The first-order chi connectivity index (χ1) is 6.79. The Hall–Kier alpha value is -0.570. The Labute approximate surface area is 85.5 Å². The van der Waals surface area contributed by atoms with Gasteiger partial charge in [0.2, 0.25) is 0 Å². The van der Waals surface area contributed by atoms with E-state index in [4.69, 9.17) is 9.84 Å². The van der Waals surface area contributed by atoms with Gasteiger partial charge in [-0.3, -0.25) is 4.79 Å². The highest BCUT2D eigenvalue weighted by Gasteiger charge is 2.12. The first-order valence-corrected chi connectivity index (χ1v) is 5.58. The third kappa shape index (κ3) is 5.22. The largest absolute Gasteiger partial charge is 0.481 e. The van der Waals surface area contributed by atoms with E-state index in [0.29, 0.717) is 6.61 Å². The van der Waals surface area contributed by atoms with E-state index in [2.05, 4.69) is 0 Å². The normalized spacial score (nSPS) is 18.3. The number of carboxylic acids is 1. The van der Waals surface area contributed by atoms with Crippen LogP contribution >= 0.6 is 0 Å². The van der Waals surface area contributed by atoms with Crippen LogP contribution in [0.3, 0.4) is 0 Å². The second kappa shape index (κ2) is 6.82. The fraction of sp³-hybridized carbons (Fsp3) is 0.909.